The second kappa shape index (κ2) is 8.35. The summed E-state index contributed by atoms with van der Waals surface area (Å²) >= 11 is 0. The van der Waals surface area contributed by atoms with Crippen LogP contribution in [-0.4, -0.2) is 36.9 Å². The normalized spacial score (nSPS) is 13.7. The minimum atomic E-state index is -0.0965. The highest BCUT2D eigenvalue weighted by atomic mass is 16.5. The molecule has 29 heavy (non-hydrogen) atoms. The lowest BCUT2D eigenvalue weighted by Crippen LogP contribution is -2.31. The smallest absolute Gasteiger partial charge is 0.260 e. The first-order valence-corrected chi connectivity index (χ1v) is 9.85. The van der Waals surface area contributed by atoms with Crippen molar-refractivity contribution in [1.29, 1.82) is 0 Å². The molecule has 0 spiro atoms. The van der Waals surface area contributed by atoms with E-state index >= 15 is 0 Å². The van der Waals surface area contributed by atoms with E-state index in [1.54, 1.807) is 22.9 Å². The number of likely N-dealkylation sites (N-methyl/N-ethyl adjacent to an activating group) is 1. The maximum atomic E-state index is 12.5. The lowest BCUT2D eigenvalue weighted by Gasteiger charge is -2.19. The fourth-order valence-corrected chi connectivity index (χ4v) is 3.62. The SMILES string of the molecule is CN(Cc1ccc2ccccc2c1)C(=O)COc1cccc(N2CCCC2=O)c1. The number of nitrogens with zero attached hydrogens (tertiary/aromatic N) is 2. The molecule has 5 nitrogen and oxygen atoms in total. The van der Waals surface area contributed by atoms with Crippen molar-refractivity contribution in [1.82, 2.24) is 4.90 Å². The Bertz CT molecular complexity index is 1050. The molecular weight excluding hydrogens is 364 g/mol. The van der Waals surface area contributed by atoms with Crippen LogP contribution in [0.2, 0.25) is 0 Å². The number of amides is 2. The van der Waals surface area contributed by atoms with Crippen molar-refractivity contribution in [2.75, 3.05) is 25.1 Å². The minimum absolute atomic E-state index is 0.0402. The second-order valence-electron chi connectivity index (χ2n) is 7.37. The van der Waals surface area contributed by atoms with Crippen LogP contribution in [0.5, 0.6) is 5.75 Å². The number of hydrogen-bond acceptors (Lipinski definition) is 3. The molecule has 1 fully saturated rings. The Morgan fingerprint density at radius 1 is 1.03 bits per heavy atom. The molecule has 0 aromatic heterocycles. The molecule has 0 saturated carbocycles. The van der Waals surface area contributed by atoms with Crippen LogP contribution in [0.1, 0.15) is 18.4 Å². The van der Waals surface area contributed by atoms with Crippen LogP contribution in [0.3, 0.4) is 0 Å². The van der Waals surface area contributed by atoms with Gasteiger partial charge < -0.3 is 14.5 Å². The van der Waals surface area contributed by atoms with Crippen LogP contribution in [0.25, 0.3) is 10.8 Å². The Balaban J connectivity index is 1.35. The van der Waals surface area contributed by atoms with Gasteiger partial charge in [0.05, 0.1) is 0 Å². The average molecular weight is 388 g/mol. The highest BCUT2D eigenvalue weighted by molar-refractivity contribution is 5.95. The van der Waals surface area contributed by atoms with Crippen molar-refractivity contribution in [2.24, 2.45) is 0 Å². The molecular formula is C24H24N2O3. The molecule has 1 saturated heterocycles. The molecule has 0 atom stereocenters. The Labute approximate surface area is 170 Å². The van der Waals surface area contributed by atoms with Crippen molar-refractivity contribution >= 4 is 28.3 Å². The number of anilines is 1. The van der Waals surface area contributed by atoms with E-state index in [1.807, 2.05) is 36.4 Å². The summed E-state index contributed by atoms with van der Waals surface area (Å²) in [5.41, 5.74) is 1.90. The highest BCUT2D eigenvalue weighted by Gasteiger charge is 2.22. The van der Waals surface area contributed by atoms with Crippen molar-refractivity contribution < 1.29 is 14.3 Å². The standard InChI is InChI=1S/C24H24N2O3/c1-25(16-18-11-12-19-6-2-3-7-20(19)14-18)24(28)17-29-22-9-4-8-21(15-22)26-13-5-10-23(26)27/h2-4,6-9,11-12,14-15H,5,10,13,16-17H2,1H3. The summed E-state index contributed by atoms with van der Waals surface area (Å²) in [6.07, 6.45) is 1.46. The van der Waals surface area contributed by atoms with E-state index in [2.05, 4.69) is 24.3 Å². The van der Waals surface area contributed by atoms with Crippen LogP contribution < -0.4 is 9.64 Å². The second-order valence-corrected chi connectivity index (χ2v) is 7.37. The molecule has 1 heterocycles. The van der Waals surface area contributed by atoms with Gasteiger partial charge in [0.15, 0.2) is 6.61 Å². The molecule has 0 N–H and O–H groups in total. The van der Waals surface area contributed by atoms with E-state index in [4.69, 9.17) is 4.74 Å². The van der Waals surface area contributed by atoms with Gasteiger partial charge in [-0.05, 0) is 41.0 Å². The first-order chi connectivity index (χ1) is 14.1. The van der Waals surface area contributed by atoms with E-state index in [0.717, 1.165) is 29.6 Å². The highest BCUT2D eigenvalue weighted by Crippen LogP contribution is 2.25. The number of carbonyl (C=O) groups excluding carboxylic acids is 2. The first kappa shape index (κ1) is 19.0. The molecule has 3 aromatic carbocycles. The van der Waals surface area contributed by atoms with Crippen molar-refractivity contribution in [3.63, 3.8) is 0 Å². The predicted molar refractivity (Wildman–Crippen MR) is 114 cm³/mol. The lowest BCUT2D eigenvalue weighted by atomic mass is 10.1. The summed E-state index contributed by atoms with van der Waals surface area (Å²) in [5.74, 6) is 0.629. The van der Waals surface area contributed by atoms with Gasteiger partial charge in [0.1, 0.15) is 5.75 Å². The van der Waals surface area contributed by atoms with E-state index in [0.29, 0.717) is 18.7 Å². The number of carbonyl (C=O) groups is 2. The average Bonchev–Trinajstić information content (AvgIpc) is 3.18. The number of fused-ring (bicyclic) bond motifs is 1. The summed E-state index contributed by atoms with van der Waals surface area (Å²) in [6.45, 7) is 1.21. The van der Waals surface area contributed by atoms with Gasteiger partial charge in [0.25, 0.3) is 5.91 Å². The molecule has 1 aliphatic rings. The third kappa shape index (κ3) is 4.40. The van der Waals surface area contributed by atoms with Gasteiger partial charge in [0, 0.05) is 38.3 Å². The molecule has 0 bridgehead atoms. The van der Waals surface area contributed by atoms with Gasteiger partial charge in [-0.25, -0.2) is 0 Å². The zero-order chi connectivity index (χ0) is 20.2. The molecule has 5 heteroatoms. The van der Waals surface area contributed by atoms with Gasteiger partial charge >= 0.3 is 0 Å². The van der Waals surface area contributed by atoms with Crippen molar-refractivity contribution in [3.8, 4) is 5.75 Å². The minimum Gasteiger partial charge on any atom is -0.484 e. The van der Waals surface area contributed by atoms with E-state index in [9.17, 15) is 9.59 Å². The third-order valence-electron chi connectivity index (χ3n) is 5.22. The Morgan fingerprint density at radius 2 is 1.86 bits per heavy atom. The van der Waals surface area contributed by atoms with Crippen molar-refractivity contribution in [3.05, 3.63) is 72.3 Å². The van der Waals surface area contributed by atoms with Gasteiger partial charge in [-0.1, -0.05) is 42.5 Å². The summed E-state index contributed by atoms with van der Waals surface area (Å²) in [6, 6.07) is 21.8. The maximum absolute atomic E-state index is 12.5. The number of rotatable bonds is 6. The van der Waals surface area contributed by atoms with Crippen LogP contribution in [0, 0.1) is 0 Å². The fourth-order valence-electron chi connectivity index (χ4n) is 3.62. The van der Waals surface area contributed by atoms with Crippen LogP contribution in [0.4, 0.5) is 5.69 Å². The summed E-state index contributed by atoms with van der Waals surface area (Å²) in [5, 5.41) is 2.35. The topological polar surface area (TPSA) is 49.9 Å². The molecule has 0 unspecified atom stereocenters. The Morgan fingerprint density at radius 3 is 2.66 bits per heavy atom. The van der Waals surface area contributed by atoms with Gasteiger partial charge in [-0.3, -0.25) is 9.59 Å². The summed E-state index contributed by atoms with van der Waals surface area (Å²) < 4.78 is 5.70. The summed E-state index contributed by atoms with van der Waals surface area (Å²) in [4.78, 5) is 27.9. The van der Waals surface area contributed by atoms with E-state index < -0.39 is 0 Å². The number of benzene rings is 3. The Hall–Kier alpha value is -3.34. The largest absolute Gasteiger partial charge is 0.484 e. The molecule has 0 radical (unpaired) electrons. The molecule has 148 valence electrons. The van der Waals surface area contributed by atoms with Gasteiger partial charge in [-0.2, -0.15) is 0 Å². The molecule has 4 rings (SSSR count). The quantitative estimate of drug-likeness (QED) is 0.641. The molecule has 1 aliphatic heterocycles. The monoisotopic (exact) mass is 388 g/mol. The van der Waals surface area contributed by atoms with Crippen LogP contribution in [-0.2, 0) is 16.1 Å². The maximum Gasteiger partial charge on any atom is 0.260 e. The van der Waals surface area contributed by atoms with Crippen LogP contribution >= 0.6 is 0 Å². The number of hydrogen-bond donors (Lipinski definition) is 0. The molecule has 3 aromatic rings. The first-order valence-electron chi connectivity index (χ1n) is 9.85. The summed E-state index contributed by atoms with van der Waals surface area (Å²) in [7, 11) is 1.78. The zero-order valence-corrected chi connectivity index (χ0v) is 16.5. The Kier molecular flexibility index (Phi) is 5.47. The molecule has 0 aliphatic carbocycles. The lowest BCUT2D eigenvalue weighted by molar-refractivity contribution is -0.132. The molecule has 2 amide bonds. The zero-order valence-electron chi connectivity index (χ0n) is 16.5. The van der Waals surface area contributed by atoms with E-state index in [-0.39, 0.29) is 18.4 Å². The van der Waals surface area contributed by atoms with Gasteiger partial charge in [-0.15, -0.1) is 0 Å². The van der Waals surface area contributed by atoms with Crippen molar-refractivity contribution in [2.45, 2.75) is 19.4 Å². The van der Waals surface area contributed by atoms with E-state index in [1.165, 1.54) is 5.39 Å². The predicted octanol–water partition coefficient (Wildman–Crippen LogP) is 4.00. The third-order valence-corrected chi connectivity index (χ3v) is 5.22. The van der Waals surface area contributed by atoms with Crippen LogP contribution in [0.15, 0.2) is 66.7 Å². The number of ether oxygens (including phenoxy) is 1. The fraction of sp³-hybridized carbons (Fsp3) is 0.250. The van der Waals surface area contributed by atoms with Gasteiger partial charge in [0.2, 0.25) is 5.91 Å².